The summed E-state index contributed by atoms with van der Waals surface area (Å²) in [5.41, 5.74) is 0.577. The molecule has 5 rings (SSSR count). The predicted octanol–water partition coefficient (Wildman–Crippen LogP) is 1.65. The fourth-order valence-electron chi connectivity index (χ4n) is 4.15. The van der Waals surface area contributed by atoms with Gasteiger partial charge in [0.1, 0.15) is 35.2 Å². The number of carbonyl (C=O) groups is 2. The van der Waals surface area contributed by atoms with Crippen molar-refractivity contribution in [1.29, 1.82) is 0 Å². The second kappa shape index (κ2) is 7.31. The van der Waals surface area contributed by atoms with E-state index in [0.717, 1.165) is 11.8 Å². The summed E-state index contributed by atoms with van der Waals surface area (Å²) >= 11 is 3.30. The minimum atomic E-state index is -0.508. The van der Waals surface area contributed by atoms with Crippen LogP contribution in [-0.4, -0.2) is 60.6 Å². The summed E-state index contributed by atoms with van der Waals surface area (Å²) in [5, 5.41) is 10.9. The molecule has 0 spiro atoms. The number of pyridine rings is 1. The monoisotopic (exact) mass is 470 g/mol. The standard InChI is InChI=1S/C19H19BrN8O2/c1-21-17-11-7-24-27(18(11)23-9-22-17)8-16(29)28-12-5-10(12)6-13(28)19(30)26-15-4-2-3-14(20)25-15/h2-4,7,9-10,12-13H,5-6,8H2,1H3,(H,21,22,23)(H,25,26,30)/t10-,12?,13+/m1/s1. The number of nitrogens with one attached hydrogen (secondary N) is 2. The Kier molecular flexibility index (Phi) is 4.61. The van der Waals surface area contributed by atoms with Crippen LogP contribution in [-0.2, 0) is 16.1 Å². The highest BCUT2D eigenvalue weighted by atomic mass is 79.9. The molecular formula is C19H19BrN8O2. The van der Waals surface area contributed by atoms with Gasteiger partial charge in [-0.15, -0.1) is 0 Å². The predicted molar refractivity (Wildman–Crippen MR) is 113 cm³/mol. The summed E-state index contributed by atoms with van der Waals surface area (Å²) in [6, 6.07) is 4.92. The Balaban J connectivity index is 1.35. The van der Waals surface area contributed by atoms with Gasteiger partial charge in [0.15, 0.2) is 5.65 Å². The van der Waals surface area contributed by atoms with Crippen LogP contribution in [0.25, 0.3) is 11.0 Å². The van der Waals surface area contributed by atoms with E-state index in [0.29, 0.717) is 34.2 Å². The molecule has 0 radical (unpaired) electrons. The van der Waals surface area contributed by atoms with Crippen LogP contribution >= 0.6 is 15.9 Å². The Morgan fingerprint density at radius 1 is 1.27 bits per heavy atom. The average molecular weight is 471 g/mol. The Morgan fingerprint density at radius 3 is 2.93 bits per heavy atom. The van der Waals surface area contributed by atoms with E-state index in [1.807, 2.05) is 0 Å². The zero-order valence-electron chi connectivity index (χ0n) is 16.1. The Labute approximate surface area is 180 Å². The minimum Gasteiger partial charge on any atom is -0.372 e. The summed E-state index contributed by atoms with van der Waals surface area (Å²) in [5.74, 6) is 1.13. The van der Waals surface area contributed by atoms with E-state index >= 15 is 0 Å². The molecule has 1 aliphatic heterocycles. The van der Waals surface area contributed by atoms with Gasteiger partial charge >= 0.3 is 0 Å². The van der Waals surface area contributed by atoms with E-state index in [1.165, 1.54) is 6.33 Å². The highest BCUT2D eigenvalue weighted by Gasteiger charge is 2.56. The van der Waals surface area contributed by atoms with Gasteiger partial charge in [0.25, 0.3) is 0 Å². The molecule has 3 atom stereocenters. The highest BCUT2D eigenvalue weighted by molar-refractivity contribution is 9.10. The Morgan fingerprint density at radius 2 is 2.13 bits per heavy atom. The first-order valence-electron chi connectivity index (χ1n) is 9.64. The van der Waals surface area contributed by atoms with E-state index in [-0.39, 0.29) is 24.4 Å². The van der Waals surface area contributed by atoms with Crippen molar-refractivity contribution in [1.82, 2.24) is 29.6 Å². The number of hydrogen-bond acceptors (Lipinski definition) is 7. The van der Waals surface area contributed by atoms with Crippen molar-refractivity contribution in [3.63, 3.8) is 0 Å². The number of rotatable bonds is 5. The lowest BCUT2D eigenvalue weighted by atomic mass is 10.1. The van der Waals surface area contributed by atoms with Crippen LogP contribution in [0, 0.1) is 5.92 Å². The number of anilines is 2. The molecule has 4 heterocycles. The fraction of sp³-hybridized carbons (Fsp3) is 0.368. The van der Waals surface area contributed by atoms with E-state index in [1.54, 1.807) is 41.0 Å². The van der Waals surface area contributed by atoms with Gasteiger partial charge in [-0.05, 0) is 46.8 Å². The van der Waals surface area contributed by atoms with Crippen molar-refractivity contribution in [2.75, 3.05) is 17.7 Å². The maximum atomic E-state index is 13.2. The molecular weight excluding hydrogens is 452 g/mol. The van der Waals surface area contributed by atoms with Gasteiger partial charge in [0.2, 0.25) is 11.8 Å². The molecule has 2 amide bonds. The van der Waals surface area contributed by atoms with Crippen molar-refractivity contribution in [3.05, 3.63) is 35.3 Å². The molecule has 0 aromatic carbocycles. The lowest BCUT2D eigenvalue weighted by Gasteiger charge is -2.26. The molecule has 3 aromatic heterocycles. The Hall–Kier alpha value is -3.08. The normalized spacial score (nSPS) is 22.1. The van der Waals surface area contributed by atoms with Crippen molar-refractivity contribution in [3.8, 4) is 0 Å². The summed E-state index contributed by atoms with van der Waals surface area (Å²) in [7, 11) is 1.77. The number of piperidine rings is 1. The first-order chi connectivity index (χ1) is 14.5. The lowest BCUT2D eigenvalue weighted by Crippen LogP contribution is -2.46. The SMILES string of the molecule is CNc1ncnc2c1cnn2CC(=O)N1C2C[C@@H]2C[C@H]1C(=O)Nc1cccc(Br)n1. The first kappa shape index (κ1) is 18.9. The van der Waals surface area contributed by atoms with Crippen LogP contribution in [0.4, 0.5) is 11.6 Å². The van der Waals surface area contributed by atoms with Crippen molar-refractivity contribution < 1.29 is 9.59 Å². The second-order valence-corrected chi connectivity index (χ2v) is 8.27. The van der Waals surface area contributed by atoms with Gasteiger partial charge in [-0.3, -0.25) is 9.59 Å². The smallest absolute Gasteiger partial charge is 0.248 e. The summed E-state index contributed by atoms with van der Waals surface area (Å²) in [6.45, 7) is 0.0196. The van der Waals surface area contributed by atoms with Gasteiger partial charge in [-0.1, -0.05) is 6.07 Å². The molecule has 1 saturated carbocycles. The van der Waals surface area contributed by atoms with Gasteiger partial charge in [-0.25, -0.2) is 19.6 Å². The summed E-state index contributed by atoms with van der Waals surface area (Å²) in [4.78, 5) is 40.4. The lowest BCUT2D eigenvalue weighted by molar-refractivity contribution is -0.138. The Bertz CT molecular complexity index is 1150. The minimum absolute atomic E-state index is 0.0196. The highest BCUT2D eigenvalue weighted by Crippen LogP contribution is 2.48. The maximum Gasteiger partial charge on any atom is 0.248 e. The molecule has 30 heavy (non-hydrogen) atoms. The zero-order chi connectivity index (χ0) is 20.8. The number of fused-ring (bicyclic) bond motifs is 2. The van der Waals surface area contributed by atoms with Crippen LogP contribution in [0.1, 0.15) is 12.8 Å². The van der Waals surface area contributed by atoms with Crippen LogP contribution in [0.3, 0.4) is 0 Å². The molecule has 2 N–H and O–H groups in total. The molecule has 2 fully saturated rings. The van der Waals surface area contributed by atoms with Crippen molar-refractivity contribution >= 4 is 50.4 Å². The number of amides is 2. The summed E-state index contributed by atoms with van der Waals surface area (Å²) < 4.78 is 2.19. The van der Waals surface area contributed by atoms with Gasteiger partial charge in [0, 0.05) is 13.1 Å². The molecule has 1 saturated heterocycles. The van der Waals surface area contributed by atoms with Gasteiger partial charge < -0.3 is 15.5 Å². The quantitative estimate of drug-likeness (QED) is 0.544. The second-order valence-electron chi connectivity index (χ2n) is 7.46. The summed E-state index contributed by atoms with van der Waals surface area (Å²) in [6.07, 6.45) is 4.69. The zero-order valence-corrected chi connectivity index (χ0v) is 17.7. The van der Waals surface area contributed by atoms with Gasteiger partial charge in [-0.2, -0.15) is 5.10 Å². The molecule has 1 unspecified atom stereocenters. The van der Waals surface area contributed by atoms with Crippen LogP contribution in [0.15, 0.2) is 35.3 Å². The topological polar surface area (TPSA) is 118 Å². The molecule has 2 aliphatic rings. The van der Waals surface area contributed by atoms with Crippen molar-refractivity contribution in [2.45, 2.75) is 31.5 Å². The van der Waals surface area contributed by atoms with Crippen LogP contribution in [0.2, 0.25) is 0 Å². The molecule has 3 aromatic rings. The van der Waals surface area contributed by atoms with Crippen molar-refractivity contribution in [2.24, 2.45) is 5.92 Å². The number of likely N-dealkylation sites (tertiary alicyclic amines) is 1. The molecule has 0 bridgehead atoms. The largest absolute Gasteiger partial charge is 0.372 e. The average Bonchev–Trinajstić information content (AvgIpc) is 3.20. The third-order valence-corrected chi connectivity index (χ3v) is 6.06. The van der Waals surface area contributed by atoms with E-state index in [4.69, 9.17) is 0 Å². The molecule has 11 heteroatoms. The van der Waals surface area contributed by atoms with E-state index in [2.05, 4.69) is 46.6 Å². The number of halogens is 1. The number of carbonyl (C=O) groups excluding carboxylic acids is 2. The number of nitrogens with zero attached hydrogens (tertiary/aromatic N) is 6. The van der Waals surface area contributed by atoms with Crippen LogP contribution < -0.4 is 10.6 Å². The van der Waals surface area contributed by atoms with E-state index < -0.39 is 6.04 Å². The molecule has 10 nitrogen and oxygen atoms in total. The van der Waals surface area contributed by atoms with Crippen LogP contribution in [0.5, 0.6) is 0 Å². The van der Waals surface area contributed by atoms with E-state index in [9.17, 15) is 9.59 Å². The maximum absolute atomic E-state index is 13.2. The third-order valence-electron chi connectivity index (χ3n) is 5.62. The number of aromatic nitrogens is 5. The van der Waals surface area contributed by atoms with Gasteiger partial charge in [0.05, 0.1) is 11.6 Å². The first-order valence-corrected chi connectivity index (χ1v) is 10.4. The third kappa shape index (κ3) is 3.28. The number of hydrogen-bond donors (Lipinski definition) is 2. The molecule has 1 aliphatic carbocycles. The molecule has 154 valence electrons. The fourth-order valence-corrected chi connectivity index (χ4v) is 4.50.